The van der Waals surface area contributed by atoms with Gasteiger partial charge in [0.2, 0.25) is 0 Å². The molecule has 4 rings (SSSR count). The Bertz CT molecular complexity index is 1400. The number of rotatable bonds is 5. The zero-order valence-electron chi connectivity index (χ0n) is 17.6. The van der Waals surface area contributed by atoms with Crippen LogP contribution in [0.15, 0.2) is 65.5 Å². The zero-order valence-corrected chi connectivity index (χ0v) is 18.4. The molecule has 0 amide bonds. The number of ether oxygens (including phenoxy) is 1. The zero-order chi connectivity index (χ0) is 22.1. The first kappa shape index (κ1) is 20.8. The molecule has 1 aromatic heterocycles. The lowest BCUT2D eigenvalue weighted by Crippen LogP contribution is -2.20. The van der Waals surface area contributed by atoms with Crippen LogP contribution < -0.4 is 10.3 Å². The lowest BCUT2D eigenvalue weighted by molar-refractivity contribution is 0.103. The van der Waals surface area contributed by atoms with Gasteiger partial charge in [0.15, 0.2) is 10.6 Å². The fourth-order valence-electron chi connectivity index (χ4n) is 3.66. The van der Waals surface area contributed by atoms with E-state index < -0.39 is 0 Å². The first-order valence-corrected chi connectivity index (χ1v) is 10.3. The van der Waals surface area contributed by atoms with Crippen molar-refractivity contribution in [3.05, 3.63) is 104 Å². The Labute approximate surface area is 184 Å². The molecule has 31 heavy (non-hydrogen) atoms. The third kappa shape index (κ3) is 3.94. The molecule has 0 fully saturated rings. The van der Waals surface area contributed by atoms with Gasteiger partial charge in [0, 0.05) is 18.2 Å². The van der Waals surface area contributed by atoms with E-state index in [2.05, 4.69) is 4.98 Å². The summed E-state index contributed by atoms with van der Waals surface area (Å²) in [5.41, 5.74) is 4.80. The molecule has 1 N–H and O–H groups in total. The highest BCUT2D eigenvalue weighted by Crippen LogP contribution is 2.22. The van der Waals surface area contributed by atoms with E-state index in [-0.39, 0.29) is 11.3 Å². The highest BCUT2D eigenvalue weighted by molar-refractivity contribution is 7.71. The van der Waals surface area contributed by atoms with E-state index in [1.807, 2.05) is 43.3 Å². The number of methoxy groups -OCH3 is 1. The maximum Gasteiger partial charge on any atom is 0.262 e. The van der Waals surface area contributed by atoms with Crippen molar-refractivity contribution in [1.82, 2.24) is 9.55 Å². The lowest BCUT2D eigenvalue weighted by atomic mass is 9.97. The molecule has 0 radical (unpaired) electrons. The normalized spacial score (nSPS) is 10.9. The van der Waals surface area contributed by atoms with Crippen molar-refractivity contribution >= 4 is 28.9 Å². The molecule has 0 aliphatic rings. The quantitative estimate of drug-likeness (QED) is 0.367. The summed E-state index contributed by atoms with van der Waals surface area (Å²) in [6.07, 6.45) is 0.577. The third-order valence-electron chi connectivity index (χ3n) is 5.52. The van der Waals surface area contributed by atoms with Crippen LogP contribution in [0.1, 0.15) is 32.6 Å². The molecule has 0 atom stereocenters. The van der Waals surface area contributed by atoms with Crippen LogP contribution in [0.4, 0.5) is 0 Å². The monoisotopic (exact) mass is 430 g/mol. The molecule has 1 heterocycles. The van der Waals surface area contributed by atoms with Crippen LogP contribution in [0.2, 0.25) is 0 Å². The smallest absolute Gasteiger partial charge is 0.262 e. The van der Waals surface area contributed by atoms with Crippen molar-refractivity contribution in [1.29, 1.82) is 0 Å². The number of hydrogen-bond donors (Lipinski definition) is 1. The number of hydrogen-bond acceptors (Lipinski definition) is 4. The first-order chi connectivity index (χ1) is 14.9. The maximum absolute atomic E-state index is 12.9. The molecule has 4 aromatic rings. The second-order valence-corrected chi connectivity index (χ2v) is 7.90. The van der Waals surface area contributed by atoms with Gasteiger partial charge >= 0.3 is 0 Å². The van der Waals surface area contributed by atoms with Gasteiger partial charge < -0.3 is 9.72 Å². The average molecular weight is 431 g/mol. The predicted octanol–water partition coefficient (Wildman–Crippen LogP) is 4.73. The number of ketones is 1. The molecular formula is C25H22N2O3S. The summed E-state index contributed by atoms with van der Waals surface area (Å²) in [7, 11) is 3.27. The number of nitrogens with one attached hydrogen (secondary N) is 1. The van der Waals surface area contributed by atoms with Gasteiger partial charge in [-0.25, -0.2) is 0 Å². The first-order valence-electron chi connectivity index (χ1n) is 9.88. The molecule has 0 bridgehead atoms. The standard InChI is InChI=1S/C25H22N2O3S/c1-15-4-7-19(21-22(15)26-25(31)27(2)24(21)29)14-16-5-8-17(9-6-16)23(28)18-10-12-20(30-3)13-11-18/h4-13H,14H2,1-3H3,(H,26,31). The van der Waals surface area contributed by atoms with E-state index in [4.69, 9.17) is 17.0 Å². The van der Waals surface area contributed by atoms with Crippen molar-refractivity contribution in [3.63, 3.8) is 0 Å². The molecule has 0 unspecified atom stereocenters. The number of H-pyrrole nitrogens is 1. The summed E-state index contributed by atoms with van der Waals surface area (Å²) in [6, 6.07) is 18.5. The minimum Gasteiger partial charge on any atom is -0.497 e. The van der Waals surface area contributed by atoms with Crippen molar-refractivity contribution in [3.8, 4) is 5.75 Å². The fraction of sp³-hybridized carbons (Fsp3) is 0.160. The number of carbonyl (C=O) groups is 1. The average Bonchev–Trinajstić information content (AvgIpc) is 2.79. The minimum absolute atomic E-state index is 0.0450. The number of carbonyl (C=O) groups excluding carboxylic acids is 1. The molecule has 0 spiro atoms. The Morgan fingerprint density at radius 2 is 1.61 bits per heavy atom. The number of nitrogens with zero attached hydrogens (tertiary/aromatic N) is 1. The molecule has 0 saturated carbocycles. The van der Waals surface area contributed by atoms with Crippen molar-refractivity contribution in [2.45, 2.75) is 13.3 Å². The lowest BCUT2D eigenvalue weighted by Gasteiger charge is -2.11. The van der Waals surface area contributed by atoms with Gasteiger partial charge in [-0.15, -0.1) is 0 Å². The molecule has 3 aromatic carbocycles. The van der Waals surface area contributed by atoms with Gasteiger partial charge in [0.05, 0.1) is 18.0 Å². The van der Waals surface area contributed by atoms with Gasteiger partial charge in [-0.2, -0.15) is 0 Å². The van der Waals surface area contributed by atoms with Gasteiger partial charge in [-0.1, -0.05) is 36.4 Å². The molecule has 156 valence electrons. The molecule has 0 aliphatic heterocycles. The van der Waals surface area contributed by atoms with Gasteiger partial charge in [0.25, 0.3) is 5.56 Å². The van der Waals surface area contributed by atoms with Crippen molar-refractivity contribution in [2.75, 3.05) is 7.11 Å². The molecule has 5 nitrogen and oxygen atoms in total. The largest absolute Gasteiger partial charge is 0.497 e. The Morgan fingerprint density at radius 1 is 1.00 bits per heavy atom. The van der Waals surface area contributed by atoms with Gasteiger partial charge in [0.1, 0.15) is 5.75 Å². The Kier molecular flexibility index (Phi) is 5.57. The fourth-order valence-corrected chi connectivity index (χ4v) is 3.84. The second kappa shape index (κ2) is 8.32. The Balaban J connectivity index is 1.65. The second-order valence-electron chi connectivity index (χ2n) is 7.52. The van der Waals surface area contributed by atoms with Crippen LogP contribution in [0, 0.1) is 11.7 Å². The van der Waals surface area contributed by atoms with E-state index >= 15 is 0 Å². The summed E-state index contributed by atoms with van der Waals surface area (Å²) >= 11 is 5.26. The topological polar surface area (TPSA) is 64.1 Å². The van der Waals surface area contributed by atoms with Crippen LogP contribution in [0.3, 0.4) is 0 Å². The summed E-state index contributed by atoms with van der Waals surface area (Å²) in [4.78, 5) is 28.8. The van der Waals surface area contributed by atoms with Crippen LogP contribution in [-0.4, -0.2) is 22.4 Å². The Morgan fingerprint density at radius 3 is 2.23 bits per heavy atom. The van der Waals surface area contributed by atoms with Crippen LogP contribution in [0.5, 0.6) is 5.75 Å². The molecule has 6 heteroatoms. The van der Waals surface area contributed by atoms with Crippen molar-refractivity contribution in [2.24, 2.45) is 7.05 Å². The third-order valence-corrected chi connectivity index (χ3v) is 5.89. The summed E-state index contributed by atoms with van der Waals surface area (Å²) < 4.78 is 7.00. The number of fused-ring (bicyclic) bond motifs is 1. The highest BCUT2D eigenvalue weighted by atomic mass is 32.1. The minimum atomic E-state index is -0.108. The summed E-state index contributed by atoms with van der Waals surface area (Å²) in [6.45, 7) is 1.95. The molecular weight excluding hydrogens is 408 g/mol. The predicted molar refractivity (Wildman–Crippen MR) is 125 cm³/mol. The van der Waals surface area contributed by atoms with E-state index in [1.54, 1.807) is 38.4 Å². The SMILES string of the molecule is COc1ccc(C(=O)c2ccc(Cc3ccc(C)c4[nH]c(=S)n(C)c(=O)c34)cc2)cc1. The van der Waals surface area contributed by atoms with E-state index in [0.717, 1.165) is 22.2 Å². The number of benzene rings is 3. The highest BCUT2D eigenvalue weighted by Gasteiger charge is 2.13. The maximum atomic E-state index is 12.9. The Hall–Kier alpha value is -3.51. The van der Waals surface area contributed by atoms with Crippen LogP contribution in [0.25, 0.3) is 10.9 Å². The van der Waals surface area contributed by atoms with Crippen LogP contribution >= 0.6 is 12.2 Å². The number of aromatic nitrogens is 2. The molecule has 0 saturated heterocycles. The van der Waals surface area contributed by atoms with Gasteiger partial charge in [-0.05, 0) is 66.5 Å². The summed E-state index contributed by atoms with van der Waals surface area (Å²) in [5.74, 6) is 0.667. The van der Waals surface area contributed by atoms with E-state index in [0.29, 0.717) is 33.5 Å². The number of aromatic amines is 1. The van der Waals surface area contributed by atoms with Crippen LogP contribution in [-0.2, 0) is 13.5 Å². The summed E-state index contributed by atoms with van der Waals surface area (Å²) in [5, 5.41) is 0.648. The van der Waals surface area contributed by atoms with E-state index in [9.17, 15) is 9.59 Å². The molecule has 0 aliphatic carbocycles. The van der Waals surface area contributed by atoms with Crippen molar-refractivity contribution < 1.29 is 9.53 Å². The van der Waals surface area contributed by atoms with Gasteiger partial charge in [-0.3, -0.25) is 14.2 Å². The van der Waals surface area contributed by atoms with E-state index in [1.165, 1.54) is 4.57 Å². The number of aryl methyl sites for hydroxylation is 1.